The minimum Gasteiger partial charge on any atom is -0.486 e. The molecule has 5 nitrogen and oxygen atoms in total. The second-order valence-electron chi connectivity index (χ2n) is 8.18. The molecule has 0 bridgehead atoms. The second-order valence-corrected chi connectivity index (χ2v) is 9.39. The first-order chi connectivity index (χ1) is 15.3. The largest absolute Gasteiger partial charge is 0.486 e. The van der Waals surface area contributed by atoms with Crippen LogP contribution in [0.2, 0.25) is 0 Å². The van der Waals surface area contributed by atoms with E-state index >= 15 is 0 Å². The van der Waals surface area contributed by atoms with E-state index in [1.165, 1.54) is 22.5 Å². The summed E-state index contributed by atoms with van der Waals surface area (Å²) in [4.78, 5) is 17.8. The average Bonchev–Trinajstić information content (AvgIpc) is 3.39. The van der Waals surface area contributed by atoms with Crippen molar-refractivity contribution in [2.45, 2.75) is 39.7 Å². The van der Waals surface area contributed by atoms with Gasteiger partial charge >= 0.3 is 0 Å². The minimum absolute atomic E-state index is 0.0996. The lowest BCUT2D eigenvalue weighted by Gasteiger charge is -2.26. The number of aryl methyl sites for hydroxylation is 2. The van der Waals surface area contributed by atoms with Gasteiger partial charge < -0.3 is 9.15 Å². The molecule has 0 radical (unpaired) electrons. The summed E-state index contributed by atoms with van der Waals surface area (Å²) in [5.41, 5.74) is 3.29. The predicted molar refractivity (Wildman–Crippen MR) is 128 cm³/mol. The Kier molecular flexibility index (Phi) is 6.15. The molecule has 32 heavy (non-hydrogen) atoms. The van der Waals surface area contributed by atoms with Gasteiger partial charge in [0, 0.05) is 10.3 Å². The van der Waals surface area contributed by atoms with Crippen molar-refractivity contribution in [3.8, 4) is 5.75 Å². The van der Waals surface area contributed by atoms with Crippen molar-refractivity contribution in [3.63, 3.8) is 0 Å². The van der Waals surface area contributed by atoms with Crippen molar-refractivity contribution in [3.05, 3.63) is 99.9 Å². The molecular formula is C26H26N2O3S. The van der Waals surface area contributed by atoms with E-state index in [0.29, 0.717) is 10.9 Å². The molecule has 4 aromatic rings. The van der Waals surface area contributed by atoms with Gasteiger partial charge in [0.25, 0.3) is 5.91 Å². The highest BCUT2D eigenvalue weighted by Crippen LogP contribution is 2.32. The molecule has 0 aliphatic rings. The maximum atomic E-state index is 12.4. The van der Waals surface area contributed by atoms with Crippen LogP contribution in [-0.4, -0.2) is 10.9 Å². The molecule has 2 aromatic heterocycles. The van der Waals surface area contributed by atoms with Crippen LogP contribution >= 0.6 is 11.3 Å². The number of benzene rings is 2. The van der Waals surface area contributed by atoms with Gasteiger partial charge in [-0.05, 0) is 49.2 Å². The molecule has 0 fully saturated rings. The Hall–Kier alpha value is -3.38. The molecule has 0 aliphatic heterocycles. The average molecular weight is 447 g/mol. The van der Waals surface area contributed by atoms with Gasteiger partial charge in [0.05, 0.1) is 5.69 Å². The van der Waals surface area contributed by atoms with E-state index < -0.39 is 0 Å². The lowest BCUT2D eigenvalue weighted by Crippen LogP contribution is -2.18. The van der Waals surface area contributed by atoms with Crippen LogP contribution in [0.5, 0.6) is 5.75 Å². The molecule has 2 aromatic carbocycles. The van der Waals surface area contributed by atoms with Gasteiger partial charge in [-0.1, -0.05) is 56.3 Å². The fraction of sp³-hybridized carbons (Fsp3) is 0.231. The van der Waals surface area contributed by atoms with Gasteiger partial charge in [0.2, 0.25) is 0 Å². The van der Waals surface area contributed by atoms with E-state index in [1.807, 2.05) is 32.0 Å². The summed E-state index contributed by atoms with van der Waals surface area (Å²) < 4.78 is 11.5. The van der Waals surface area contributed by atoms with Gasteiger partial charge in [0.1, 0.15) is 18.1 Å². The van der Waals surface area contributed by atoms with E-state index in [9.17, 15) is 4.79 Å². The highest BCUT2D eigenvalue weighted by Gasteiger charge is 2.22. The Labute approximate surface area is 192 Å². The molecule has 0 atom stereocenters. The summed E-state index contributed by atoms with van der Waals surface area (Å²) in [5.74, 6) is 1.23. The third-order valence-electron chi connectivity index (χ3n) is 5.59. The van der Waals surface area contributed by atoms with E-state index in [0.717, 1.165) is 16.3 Å². The van der Waals surface area contributed by atoms with Crippen LogP contribution in [0.15, 0.2) is 71.1 Å². The predicted octanol–water partition coefficient (Wildman–Crippen LogP) is 6.51. The first-order valence-corrected chi connectivity index (χ1v) is 11.3. The summed E-state index contributed by atoms with van der Waals surface area (Å²) >= 11 is 1.44. The van der Waals surface area contributed by atoms with Crippen LogP contribution in [0.1, 0.15) is 51.9 Å². The van der Waals surface area contributed by atoms with E-state index in [-0.39, 0.29) is 23.7 Å². The van der Waals surface area contributed by atoms with Crippen molar-refractivity contribution < 1.29 is 13.9 Å². The molecule has 0 aliphatic carbocycles. The number of nitrogens with one attached hydrogen (secondary N) is 1. The van der Waals surface area contributed by atoms with E-state index in [2.05, 4.69) is 60.5 Å². The number of thiazole rings is 1. The highest BCUT2D eigenvalue weighted by atomic mass is 32.1. The number of aromatic nitrogens is 1. The number of ether oxygens (including phenoxy) is 1. The van der Waals surface area contributed by atoms with Crippen LogP contribution in [0.25, 0.3) is 0 Å². The Morgan fingerprint density at radius 2 is 1.69 bits per heavy atom. The van der Waals surface area contributed by atoms with Gasteiger partial charge in [0.15, 0.2) is 10.9 Å². The first-order valence-electron chi connectivity index (χ1n) is 10.5. The molecule has 0 saturated heterocycles. The fourth-order valence-electron chi connectivity index (χ4n) is 3.41. The highest BCUT2D eigenvalue weighted by molar-refractivity contribution is 7.15. The fourth-order valence-corrected chi connectivity index (χ4v) is 4.22. The topological polar surface area (TPSA) is 64.4 Å². The van der Waals surface area contributed by atoms with Crippen LogP contribution in [0.4, 0.5) is 5.13 Å². The third kappa shape index (κ3) is 4.75. The SMILES string of the molecule is Cc1nc(NC(=O)c2ccc(COc3ccc(C(C)(C)c4ccccc4)cc3)o2)sc1C. The van der Waals surface area contributed by atoms with Crippen molar-refractivity contribution in [1.82, 2.24) is 4.98 Å². The monoisotopic (exact) mass is 446 g/mol. The zero-order chi connectivity index (χ0) is 22.7. The number of furan rings is 1. The number of carbonyl (C=O) groups excluding carboxylic acids is 1. The minimum atomic E-state index is -0.322. The van der Waals surface area contributed by atoms with E-state index in [4.69, 9.17) is 9.15 Å². The van der Waals surface area contributed by atoms with Crippen molar-refractivity contribution >= 4 is 22.4 Å². The zero-order valence-electron chi connectivity index (χ0n) is 18.6. The van der Waals surface area contributed by atoms with Gasteiger partial charge in [-0.25, -0.2) is 4.98 Å². The maximum Gasteiger partial charge on any atom is 0.293 e. The number of hydrogen-bond acceptors (Lipinski definition) is 5. The number of rotatable bonds is 7. The first kappa shape index (κ1) is 21.8. The van der Waals surface area contributed by atoms with Crippen molar-refractivity contribution in [2.24, 2.45) is 0 Å². The quantitative estimate of drug-likeness (QED) is 0.351. The molecule has 0 spiro atoms. The third-order valence-corrected chi connectivity index (χ3v) is 6.58. The molecule has 2 heterocycles. The number of hydrogen-bond donors (Lipinski definition) is 1. The number of amides is 1. The number of carbonyl (C=O) groups is 1. The Bertz CT molecular complexity index is 1190. The lowest BCUT2D eigenvalue weighted by molar-refractivity contribution is 0.0992. The number of nitrogens with zero attached hydrogens (tertiary/aromatic N) is 1. The lowest BCUT2D eigenvalue weighted by atomic mass is 9.78. The van der Waals surface area contributed by atoms with Crippen LogP contribution in [0.3, 0.4) is 0 Å². The molecule has 4 rings (SSSR count). The molecule has 1 N–H and O–H groups in total. The summed E-state index contributed by atoms with van der Waals surface area (Å²) in [6, 6.07) is 21.9. The summed E-state index contributed by atoms with van der Waals surface area (Å²) in [7, 11) is 0. The van der Waals surface area contributed by atoms with Gasteiger partial charge in [-0.3, -0.25) is 10.1 Å². The Morgan fingerprint density at radius 1 is 1.00 bits per heavy atom. The molecule has 1 amide bonds. The van der Waals surface area contributed by atoms with Crippen LogP contribution in [-0.2, 0) is 12.0 Å². The maximum absolute atomic E-state index is 12.4. The molecule has 6 heteroatoms. The molecular weight excluding hydrogens is 420 g/mol. The zero-order valence-corrected chi connectivity index (χ0v) is 19.5. The normalized spacial score (nSPS) is 11.4. The molecule has 0 unspecified atom stereocenters. The Morgan fingerprint density at radius 3 is 2.34 bits per heavy atom. The van der Waals surface area contributed by atoms with E-state index in [1.54, 1.807) is 12.1 Å². The van der Waals surface area contributed by atoms with Crippen molar-refractivity contribution in [1.29, 1.82) is 0 Å². The smallest absolute Gasteiger partial charge is 0.293 e. The molecule has 164 valence electrons. The van der Waals surface area contributed by atoms with Gasteiger partial charge in [-0.2, -0.15) is 0 Å². The summed E-state index contributed by atoms with van der Waals surface area (Å²) in [6.45, 7) is 8.55. The summed E-state index contributed by atoms with van der Waals surface area (Å²) in [6.07, 6.45) is 0. The van der Waals surface area contributed by atoms with Gasteiger partial charge in [-0.15, -0.1) is 11.3 Å². The number of anilines is 1. The Balaban J connectivity index is 1.36. The van der Waals surface area contributed by atoms with Crippen LogP contribution in [0, 0.1) is 13.8 Å². The van der Waals surface area contributed by atoms with Crippen molar-refractivity contribution in [2.75, 3.05) is 5.32 Å². The molecule has 0 saturated carbocycles. The second kappa shape index (κ2) is 9.01. The standard InChI is InChI=1S/C26H26N2O3S/c1-17-18(2)32-25(27-17)28-24(29)23-15-14-22(31-23)16-30-21-12-10-20(11-13-21)26(3,4)19-8-6-5-7-9-19/h5-15H,16H2,1-4H3,(H,27,28,29). The van der Waals surface area contributed by atoms with Crippen LogP contribution < -0.4 is 10.1 Å². The summed E-state index contributed by atoms with van der Waals surface area (Å²) in [5, 5.41) is 3.34.